The van der Waals surface area contributed by atoms with Gasteiger partial charge in [-0.15, -0.1) is 0 Å². The number of piperidine rings is 1. The minimum absolute atomic E-state index is 0.208. The van der Waals surface area contributed by atoms with Gasteiger partial charge < -0.3 is 15.2 Å². The van der Waals surface area contributed by atoms with E-state index in [2.05, 4.69) is 34.1 Å². The molecule has 6 heteroatoms. The van der Waals surface area contributed by atoms with Crippen LogP contribution in [0.15, 0.2) is 67.0 Å². The Morgan fingerprint density at radius 1 is 0.970 bits per heavy atom. The summed E-state index contributed by atoms with van der Waals surface area (Å²) in [6.07, 6.45) is 5.76. The van der Waals surface area contributed by atoms with Crippen LogP contribution in [0.25, 0.3) is 11.1 Å². The maximum atomic E-state index is 12.6. The molecule has 33 heavy (non-hydrogen) atoms. The van der Waals surface area contributed by atoms with Crippen LogP contribution in [-0.2, 0) is 17.8 Å². The van der Waals surface area contributed by atoms with Crippen molar-refractivity contribution >= 4 is 5.91 Å². The van der Waals surface area contributed by atoms with Crippen molar-refractivity contribution in [3.63, 3.8) is 0 Å². The number of ether oxygens (including phenoxy) is 2. The normalized spacial score (nSPS) is 15.7. The zero-order chi connectivity index (χ0) is 23.3. The minimum atomic E-state index is -0.526. The smallest absolute Gasteiger partial charge is 0.224 e. The minimum Gasteiger partial charge on any atom is -0.493 e. The first kappa shape index (κ1) is 22.8. The summed E-state index contributed by atoms with van der Waals surface area (Å²) in [4.78, 5) is 19.2. The van der Waals surface area contributed by atoms with Crippen molar-refractivity contribution in [3.8, 4) is 22.6 Å². The SMILES string of the molecule is COc1ccc(CN2CCC(Cc3cccc(-c4cccnc4)c3)(C(N)=O)CC2)cc1OC. The van der Waals surface area contributed by atoms with E-state index in [0.29, 0.717) is 6.42 Å². The molecule has 0 unspecified atom stereocenters. The lowest BCUT2D eigenvalue weighted by molar-refractivity contribution is -0.130. The van der Waals surface area contributed by atoms with Crippen molar-refractivity contribution in [2.45, 2.75) is 25.8 Å². The lowest BCUT2D eigenvalue weighted by atomic mass is 9.73. The Bertz CT molecular complexity index is 1090. The molecule has 0 atom stereocenters. The number of amides is 1. The van der Waals surface area contributed by atoms with Gasteiger partial charge in [0.05, 0.1) is 19.6 Å². The van der Waals surface area contributed by atoms with Gasteiger partial charge in [-0.05, 0) is 72.8 Å². The fourth-order valence-electron chi connectivity index (χ4n) is 4.67. The summed E-state index contributed by atoms with van der Waals surface area (Å²) in [5.74, 6) is 1.24. The molecule has 1 amide bonds. The summed E-state index contributed by atoms with van der Waals surface area (Å²) in [5.41, 5.74) is 9.90. The molecule has 172 valence electrons. The van der Waals surface area contributed by atoms with Crippen LogP contribution in [0.3, 0.4) is 0 Å². The number of rotatable bonds is 8. The molecule has 0 aliphatic carbocycles. The zero-order valence-corrected chi connectivity index (χ0v) is 19.3. The molecule has 4 rings (SSSR count). The summed E-state index contributed by atoms with van der Waals surface area (Å²) in [7, 11) is 3.28. The van der Waals surface area contributed by atoms with Gasteiger partial charge in [-0.2, -0.15) is 0 Å². The number of primary amides is 1. The topological polar surface area (TPSA) is 77.7 Å². The van der Waals surface area contributed by atoms with E-state index in [0.717, 1.165) is 66.2 Å². The molecular weight excluding hydrogens is 414 g/mol. The van der Waals surface area contributed by atoms with Crippen molar-refractivity contribution in [3.05, 3.63) is 78.1 Å². The van der Waals surface area contributed by atoms with E-state index in [9.17, 15) is 4.79 Å². The predicted octanol–water partition coefficient (Wildman–Crippen LogP) is 4.08. The standard InChI is InChI=1S/C27H31N3O3/c1-32-24-9-8-21(16-25(24)33-2)19-30-13-10-27(11-14-30,26(28)31)17-20-5-3-6-22(15-20)23-7-4-12-29-18-23/h3-9,12,15-16,18H,10-11,13-14,17,19H2,1-2H3,(H2,28,31). The first-order valence-electron chi connectivity index (χ1n) is 11.3. The molecule has 3 aromatic rings. The zero-order valence-electron chi connectivity index (χ0n) is 19.3. The van der Waals surface area contributed by atoms with Gasteiger partial charge >= 0.3 is 0 Å². The van der Waals surface area contributed by atoms with Gasteiger partial charge in [-0.3, -0.25) is 14.7 Å². The number of pyridine rings is 1. The van der Waals surface area contributed by atoms with Gasteiger partial charge in [0.25, 0.3) is 0 Å². The third kappa shape index (κ3) is 5.17. The Balaban J connectivity index is 1.45. The van der Waals surface area contributed by atoms with E-state index >= 15 is 0 Å². The molecule has 2 aromatic carbocycles. The van der Waals surface area contributed by atoms with Gasteiger partial charge in [0, 0.05) is 18.9 Å². The molecule has 0 spiro atoms. The van der Waals surface area contributed by atoms with E-state index in [1.165, 1.54) is 0 Å². The molecule has 0 saturated carbocycles. The molecular formula is C27H31N3O3. The first-order valence-corrected chi connectivity index (χ1v) is 11.3. The van der Waals surface area contributed by atoms with E-state index < -0.39 is 5.41 Å². The highest BCUT2D eigenvalue weighted by atomic mass is 16.5. The number of hydrogen-bond acceptors (Lipinski definition) is 5. The van der Waals surface area contributed by atoms with Gasteiger partial charge in [-0.1, -0.05) is 36.4 Å². The molecule has 1 saturated heterocycles. The summed E-state index contributed by atoms with van der Waals surface area (Å²) in [6.45, 7) is 2.44. The van der Waals surface area contributed by atoms with Crippen LogP contribution < -0.4 is 15.2 Å². The Labute approximate surface area is 195 Å². The lowest BCUT2D eigenvalue weighted by Crippen LogP contribution is -2.48. The first-order chi connectivity index (χ1) is 16.0. The van der Waals surface area contributed by atoms with Crippen molar-refractivity contribution in [1.82, 2.24) is 9.88 Å². The summed E-state index contributed by atoms with van der Waals surface area (Å²) < 4.78 is 10.8. The predicted molar refractivity (Wildman–Crippen MR) is 129 cm³/mol. The number of carbonyl (C=O) groups is 1. The molecule has 1 fully saturated rings. The number of nitrogens with two attached hydrogens (primary N) is 1. The Morgan fingerprint density at radius 3 is 2.39 bits per heavy atom. The number of methoxy groups -OCH3 is 2. The highest BCUT2D eigenvalue weighted by Crippen LogP contribution is 2.37. The second-order valence-corrected chi connectivity index (χ2v) is 8.73. The third-order valence-electron chi connectivity index (χ3n) is 6.65. The van der Waals surface area contributed by atoms with Crippen LogP contribution in [-0.4, -0.2) is 43.1 Å². The Morgan fingerprint density at radius 2 is 1.73 bits per heavy atom. The highest BCUT2D eigenvalue weighted by molar-refractivity contribution is 5.81. The number of benzene rings is 2. The van der Waals surface area contributed by atoms with Crippen molar-refractivity contribution < 1.29 is 14.3 Å². The van der Waals surface area contributed by atoms with E-state index in [1.807, 2.05) is 36.5 Å². The van der Waals surface area contributed by atoms with Crippen LogP contribution in [0, 0.1) is 5.41 Å². The van der Waals surface area contributed by atoms with Gasteiger partial charge in [0.1, 0.15) is 0 Å². The summed E-state index contributed by atoms with van der Waals surface area (Å²) in [6, 6.07) is 18.3. The molecule has 2 N–H and O–H groups in total. The van der Waals surface area contributed by atoms with Gasteiger partial charge in [0.2, 0.25) is 5.91 Å². The van der Waals surface area contributed by atoms with E-state index in [4.69, 9.17) is 15.2 Å². The van der Waals surface area contributed by atoms with E-state index in [1.54, 1.807) is 20.4 Å². The van der Waals surface area contributed by atoms with Crippen LogP contribution in [0.4, 0.5) is 0 Å². The van der Waals surface area contributed by atoms with Crippen LogP contribution >= 0.6 is 0 Å². The Hall–Kier alpha value is -3.38. The van der Waals surface area contributed by atoms with Gasteiger partial charge in [0.15, 0.2) is 11.5 Å². The van der Waals surface area contributed by atoms with Crippen molar-refractivity contribution in [2.24, 2.45) is 11.1 Å². The number of nitrogens with zero attached hydrogens (tertiary/aromatic N) is 2. The van der Waals surface area contributed by atoms with Crippen molar-refractivity contribution in [2.75, 3.05) is 27.3 Å². The number of carbonyl (C=O) groups excluding carboxylic acids is 1. The molecule has 0 bridgehead atoms. The molecule has 2 heterocycles. The maximum Gasteiger partial charge on any atom is 0.224 e. The van der Waals surface area contributed by atoms with Gasteiger partial charge in [-0.25, -0.2) is 0 Å². The second kappa shape index (κ2) is 10.0. The fraction of sp³-hybridized carbons (Fsp3) is 0.333. The average molecular weight is 446 g/mol. The van der Waals surface area contributed by atoms with Crippen LogP contribution in [0.1, 0.15) is 24.0 Å². The quantitative estimate of drug-likeness (QED) is 0.565. The fourth-order valence-corrected chi connectivity index (χ4v) is 4.67. The Kier molecular flexibility index (Phi) is 6.94. The summed E-state index contributed by atoms with van der Waals surface area (Å²) >= 11 is 0. The lowest BCUT2D eigenvalue weighted by Gasteiger charge is -2.40. The number of aromatic nitrogens is 1. The second-order valence-electron chi connectivity index (χ2n) is 8.73. The van der Waals surface area contributed by atoms with Crippen LogP contribution in [0.5, 0.6) is 11.5 Å². The maximum absolute atomic E-state index is 12.6. The van der Waals surface area contributed by atoms with E-state index in [-0.39, 0.29) is 5.91 Å². The van der Waals surface area contributed by atoms with Crippen molar-refractivity contribution in [1.29, 1.82) is 0 Å². The molecule has 6 nitrogen and oxygen atoms in total. The molecule has 1 aliphatic heterocycles. The highest BCUT2D eigenvalue weighted by Gasteiger charge is 2.40. The molecule has 1 aromatic heterocycles. The average Bonchev–Trinajstić information content (AvgIpc) is 2.86. The molecule has 1 aliphatic rings. The summed E-state index contributed by atoms with van der Waals surface area (Å²) in [5, 5.41) is 0. The monoisotopic (exact) mass is 445 g/mol. The number of hydrogen-bond donors (Lipinski definition) is 1. The molecule has 0 radical (unpaired) electrons. The third-order valence-corrected chi connectivity index (χ3v) is 6.65. The largest absolute Gasteiger partial charge is 0.493 e. The number of likely N-dealkylation sites (tertiary alicyclic amines) is 1. The van der Waals surface area contributed by atoms with Crippen LogP contribution in [0.2, 0.25) is 0 Å².